The monoisotopic (exact) mass is 431 g/mol. The molecule has 1 saturated carbocycles. The first kappa shape index (κ1) is 20.2. The highest BCUT2D eigenvalue weighted by molar-refractivity contribution is 7.80. The van der Waals surface area contributed by atoms with Crippen LogP contribution in [0.5, 0.6) is 0 Å². The van der Waals surface area contributed by atoms with E-state index in [1.165, 1.54) is 49.1 Å². The molecule has 160 valence electrons. The Morgan fingerprint density at radius 1 is 1.03 bits per heavy atom. The zero-order valence-corrected chi connectivity index (χ0v) is 19.0. The summed E-state index contributed by atoms with van der Waals surface area (Å²) in [6.45, 7) is 4.39. The first-order valence-corrected chi connectivity index (χ1v) is 11.6. The zero-order valence-electron chi connectivity index (χ0n) is 18.2. The normalized spacial score (nSPS) is 22.0. The molecule has 2 aliphatic rings. The van der Waals surface area contributed by atoms with Crippen molar-refractivity contribution >= 4 is 17.3 Å². The van der Waals surface area contributed by atoms with Gasteiger partial charge in [0.2, 0.25) is 0 Å². The molecule has 0 unspecified atom stereocenters. The highest BCUT2D eigenvalue weighted by Crippen LogP contribution is 2.44. The van der Waals surface area contributed by atoms with E-state index in [-0.39, 0.29) is 12.1 Å². The second-order valence-corrected chi connectivity index (χ2v) is 9.09. The van der Waals surface area contributed by atoms with Gasteiger partial charge >= 0.3 is 0 Å². The van der Waals surface area contributed by atoms with Crippen LogP contribution in [0, 0.1) is 13.8 Å². The Hall–Kier alpha value is -2.73. The molecule has 1 aliphatic heterocycles. The Bertz CT molecular complexity index is 1060. The average molecular weight is 432 g/mol. The summed E-state index contributed by atoms with van der Waals surface area (Å²) in [6.07, 6.45) is 11.9. The summed E-state index contributed by atoms with van der Waals surface area (Å²) in [4.78, 5) is 11.5. The molecule has 0 spiro atoms. The smallest absolute Gasteiger partial charge is 0.170 e. The van der Waals surface area contributed by atoms with E-state index in [2.05, 4.69) is 57.9 Å². The van der Waals surface area contributed by atoms with Crippen molar-refractivity contribution in [1.82, 2.24) is 24.8 Å². The van der Waals surface area contributed by atoms with Crippen molar-refractivity contribution in [2.24, 2.45) is 0 Å². The fourth-order valence-corrected chi connectivity index (χ4v) is 5.81. The predicted octanol–water partition coefficient (Wildman–Crippen LogP) is 5.19. The van der Waals surface area contributed by atoms with Gasteiger partial charge in [0.15, 0.2) is 5.11 Å². The lowest BCUT2D eigenvalue weighted by Crippen LogP contribution is -2.40. The number of pyridine rings is 2. The van der Waals surface area contributed by atoms with Crippen molar-refractivity contribution in [3.8, 4) is 5.69 Å². The fourth-order valence-electron chi connectivity index (χ4n) is 5.42. The van der Waals surface area contributed by atoms with E-state index in [1.807, 2.05) is 30.7 Å². The maximum Gasteiger partial charge on any atom is 0.170 e. The molecule has 2 atom stereocenters. The Morgan fingerprint density at radius 2 is 1.87 bits per heavy atom. The highest BCUT2D eigenvalue weighted by Gasteiger charge is 2.44. The van der Waals surface area contributed by atoms with Gasteiger partial charge < -0.3 is 14.8 Å². The number of aromatic nitrogens is 3. The van der Waals surface area contributed by atoms with Crippen LogP contribution in [-0.2, 0) is 0 Å². The van der Waals surface area contributed by atoms with Crippen LogP contribution in [0.2, 0.25) is 0 Å². The molecular weight excluding hydrogens is 402 g/mol. The molecule has 0 radical (unpaired) electrons. The maximum atomic E-state index is 5.92. The van der Waals surface area contributed by atoms with Crippen molar-refractivity contribution in [2.45, 2.75) is 64.1 Å². The molecule has 0 aromatic carbocycles. The lowest BCUT2D eigenvalue weighted by molar-refractivity contribution is 0.197. The number of nitrogens with zero attached hydrogens (tertiary/aromatic N) is 4. The maximum absolute atomic E-state index is 5.92. The van der Waals surface area contributed by atoms with Crippen LogP contribution >= 0.6 is 12.2 Å². The summed E-state index contributed by atoms with van der Waals surface area (Å²) >= 11 is 5.92. The largest absolute Gasteiger partial charge is 0.352 e. The summed E-state index contributed by atoms with van der Waals surface area (Å²) in [5.41, 5.74) is 5.90. The molecule has 5 nitrogen and oxygen atoms in total. The van der Waals surface area contributed by atoms with Gasteiger partial charge in [0.05, 0.1) is 29.7 Å². The summed E-state index contributed by atoms with van der Waals surface area (Å²) in [7, 11) is 0. The van der Waals surface area contributed by atoms with Gasteiger partial charge in [-0.1, -0.05) is 25.3 Å². The molecule has 2 fully saturated rings. The summed E-state index contributed by atoms with van der Waals surface area (Å²) in [6, 6.07) is 13.2. The first-order valence-electron chi connectivity index (χ1n) is 11.2. The minimum atomic E-state index is 0.0403. The van der Waals surface area contributed by atoms with E-state index in [9.17, 15) is 0 Å². The molecule has 3 aromatic heterocycles. The van der Waals surface area contributed by atoms with Crippen LogP contribution in [0.3, 0.4) is 0 Å². The third-order valence-electron chi connectivity index (χ3n) is 6.80. The molecule has 5 rings (SSSR count). The van der Waals surface area contributed by atoms with Gasteiger partial charge in [-0.05, 0) is 74.8 Å². The molecule has 0 bridgehead atoms. The third kappa shape index (κ3) is 3.63. The molecule has 3 aromatic rings. The minimum Gasteiger partial charge on any atom is -0.352 e. The Labute approximate surface area is 189 Å². The number of hydrogen-bond acceptors (Lipinski definition) is 3. The van der Waals surface area contributed by atoms with Gasteiger partial charge in [0.1, 0.15) is 0 Å². The van der Waals surface area contributed by atoms with Gasteiger partial charge in [-0.25, -0.2) is 0 Å². The quantitative estimate of drug-likeness (QED) is 0.576. The van der Waals surface area contributed by atoms with Crippen LogP contribution in [-0.4, -0.2) is 30.6 Å². The Balaban J connectivity index is 1.62. The summed E-state index contributed by atoms with van der Waals surface area (Å²) < 4.78 is 2.30. The number of aryl methyl sites for hydroxylation is 1. The van der Waals surface area contributed by atoms with E-state index in [0.717, 1.165) is 16.5 Å². The van der Waals surface area contributed by atoms with Crippen LogP contribution in [0.15, 0.2) is 55.0 Å². The molecule has 1 N–H and O–H groups in total. The second-order valence-electron chi connectivity index (χ2n) is 8.70. The van der Waals surface area contributed by atoms with Crippen molar-refractivity contribution in [2.75, 3.05) is 0 Å². The van der Waals surface area contributed by atoms with Gasteiger partial charge in [0.25, 0.3) is 0 Å². The Morgan fingerprint density at radius 3 is 2.58 bits per heavy atom. The van der Waals surface area contributed by atoms with Gasteiger partial charge in [0, 0.05) is 29.8 Å². The average Bonchev–Trinajstić information content (AvgIpc) is 3.30. The summed E-state index contributed by atoms with van der Waals surface area (Å²) in [5.74, 6) is 0. The van der Waals surface area contributed by atoms with Crippen molar-refractivity contribution in [1.29, 1.82) is 0 Å². The van der Waals surface area contributed by atoms with E-state index in [4.69, 9.17) is 17.2 Å². The molecule has 1 aliphatic carbocycles. The van der Waals surface area contributed by atoms with Crippen molar-refractivity contribution < 1.29 is 0 Å². The number of thiocarbonyl (C=S) groups is 1. The molecule has 6 heteroatoms. The van der Waals surface area contributed by atoms with Gasteiger partial charge in [-0.3, -0.25) is 9.97 Å². The number of rotatable bonds is 4. The van der Waals surface area contributed by atoms with Gasteiger partial charge in [-0.2, -0.15) is 0 Å². The van der Waals surface area contributed by atoms with Crippen LogP contribution in [0.1, 0.15) is 66.8 Å². The Kier molecular flexibility index (Phi) is 5.48. The van der Waals surface area contributed by atoms with E-state index < -0.39 is 0 Å². The van der Waals surface area contributed by atoms with Crippen LogP contribution in [0.25, 0.3) is 5.69 Å². The van der Waals surface area contributed by atoms with E-state index in [0.29, 0.717) is 6.04 Å². The predicted molar refractivity (Wildman–Crippen MR) is 127 cm³/mol. The van der Waals surface area contributed by atoms with E-state index in [1.54, 1.807) is 0 Å². The molecule has 31 heavy (non-hydrogen) atoms. The van der Waals surface area contributed by atoms with Crippen molar-refractivity contribution in [3.05, 3.63) is 77.6 Å². The molecule has 1 saturated heterocycles. The summed E-state index contributed by atoms with van der Waals surface area (Å²) in [5, 5.41) is 4.50. The highest BCUT2D eigenvalue weighted by atomic mass is 32.1. The van der Waals surface area contributed by atoms with Crippen LogP contribution in [0.4, 0.5) is 0 Å². The van der Waals surface area contributed by atoms with E-state index >= 15 is 0 Å². The third-order valence-corrected chi connectivity index (χ3v) is 7.13. The van der Waals surface area contributed by atoms with Crippen LogP contribution < -0.4 is 5.32 Å². The SMILES string of the molecule is Cc1cc([C@@H]2[C@H](c3ccccn3)NC(=S)N2C2CCCCC2)c(C)n1-c1cccnc1. The minimum absolute atomic E-state index is 0.0403. The first-order chi connectivity index (χ1) is 15.1. The van der Waals surface area contributed by atoms with Gasteiger partial charge in [-0.15, -0.1) is 0 Å². The fraction of sp³-hybridized carbons (Fsp3) is 0.400. The lowest BCUT2D eigenvalue weighted by atomic mass is 9.90. The molecule has 0 amide bonds. The molecular formula is C25H29N5S. The standard InChI is InChI=1S/C25H29N5S/c1-17-15-21(18(2)29(17)20-11-8-13-26-16-20)24-23(22-12-6-7-14-27-22)28-25(31)30(24)19-9-4-3-5-10-19/h6-8,11-16,19,23-24H,3-5,9-10H2,1-2H3,(H,28,31)/t23-,24+/m0/s1. The number of hydrogen-bond donors (Lipinski definition) is 1. The number of nitrogens with one attached hydrogen (secondary N) is 1. The topological polar surface area (TPSA) is 46.0 Å². The second kappa shape index (κ2) is 8.42. The molecule has 4 heterocycles. The zero-order chi connectivity index (χ0) is 21.4. The van der Waals surface area contributed by atoms with Crippen molar-refractivity contribution in [3.63, 3.8) is 0 Å². The lowest BCUT2D eigenvalue weighted by Gasteiger charge is -2.37.